The standard InChI is InChI=1S/C16H13ClN4S/c17-15-8-4-7-14(9-15)10-19-21-12-18-20-16(21)22-11-13-5-2-1-3-6-13/h1-10,12H,11H2/b19-10-. The number of hydrogen-bond donors (Lipinski definition) is 0. The fraction of sp³-hybridized carbons (Fsp3) is 0.0625. The first-order valence-corrected chi connectivity index (χ1v) is 8.04. The molecule has 0 aliphatic heterocycles. The zero-order valence-corrected chi connectivity index (χ0v) is 13.2. The van der Waals surface area contributed by atoms with E-state index >= 15 is 0 Å². The Morgan fingerprint density at radius 1 is 1.14 bits per heavy atom. The van der Waals surface area contributed by atoms with Gasteiger partial charge in [0.05, 0.1) is 6.21 Å². The Labute approximate surface area is 137 Å². The maximum Gasteiger partial charge on any atom is 0.212 e. The van der Waals surface area contributed by atoms with Crippen LogP contribution in [0, 0.1) is 0 Å². The monoisotopic (exact) mass is 328 g/mol. The number of rotatable bonds is 5. The van der Waals surface area contributed by atoms with Crippen LogP contribution >= 0.6 is 23.4 Å². The summed E-state index contributed by atoms with van der Waals surface area (Å²) in [5.41, 5.74) is 2.17. The smallest absolute Gasteiger partial charge is 0.195 e. The quantitative estimate of drug-likeness (QED) is 0.523. The molecule has 22 heavy (non-hydrogen) atoms. The van der Waals surface area contributed by atoms with E-state index in [0.717, 1.165) is 16.5 Å². The van der Waals surface area contributed by atoms with E-state index < -0.39 is 0 Å². The van der Waals surface area contributed by atoms with E-state index in [9.17, 15) is 0 Å². The molecule has 0 fully saturated rings. The lowest BCUT2D eigenvalue weighted by Crippen LogP contribution is -1.92. The summed E-state index contributed by atoms with van der Waals surface area (Å²) in [5, 5.41) is 13.8. The molecule has 1 heterocycles. The minimum Gasteiger partial charge on any atom is -0.195 e. The molecule has 0 atom stereocenters. The van der Waals surface area contributed by atoms with Crippen molar-refractivity contribution < 1.29 is 0 Å². The van der Waals surface area contributed by atoms with Crippen molar-refractivity contribution in [3.8, 4) is 0 Å². The molecule has 0 aliphatic carbocycles. The van der Waals surface area contributed by atoms with Gasteiger partial charge < -0.3 is 0 Å². The highest BCUT2D eigenvalue weighted by Crippen LogP contribution is 2.20. The van der Waals surface area contributed by atoms with Crippen molar-refractivity contribution in [1.29, 1.82) is 0 Å². The molecular weight excluding hydrogens is 316 g/mol. The van der Waals surface area contributed by atoms with E-state index in [1.807, 2.05) is 42.5 Å². The molecule has 0 saturated heterocycles. The second kappa shape index (κ2) is 7.24. The zero-order valence-electron chi connectivity index (χ0n) is 11.6. The van der Waals surface area contributed by atoms with Gasteiger partial charge in [-0.05, 0) is 23.3 Å². The minimum atomic E-state index is 0.686. The van der Waals surface area contributed by atoms with Gasteiger partial charge in [0.2, 0.25) is 5.16 Å². The lowest BCUT2D eigenvalue weighted by molar-refractivity contribution is 0.767. The van der Waals surface area contributed by atoms with E-state index in [4.69, 9.17) is 11.6 Å². The van der Waals surface area contributed by atoms with Crippen LogP contribution in [0.5, 0.6) is 0 Å². The summed E-state index contributed by atoms with van der Waals surface area (Å²) >= 11 is 7.55. The summed E-state index contributed by atoms with van der Waals surface area (Å²) in [5.74, 6) is 0.826. The first-order valence-electron chi connectivity index (χ1n) is 6.68. The van der Waals surface area contributed by atoms with Gasteiger partial charge in [0.15, 0.2) is 0 Å². The topological polar surface area (TPSA) is 43.1 Å². The third kappa shape index (κ3) is 3.96. The van der Waals surface area contributed by atoms with E-state index in [0.29, 0.717) is 5.02 Å². The highest BCUT2D eigenvalue weighted by Gasteiger charge is 2.04. The van der Waals surface area contributed by atoms with Crippen molar-refractivity contribution in [2.24, 2.45) is 5.10 Å². The SMILES string of the molecule is Clc1cccc(/C=N\n2cnnc2SCc2ccccc2)c1. The summed E-state index contributed by atoms with van der Waals surface area (Å²) in [6.07, 6.45) is 3.33. The molecule has 0 aliphatic rings. The summed E-state index contributed by atoms with van der Waals surface area (Å²) in [6.45, 7) is 0. The van der Waals surface area contributed by atoms with Crippen molar-refractivity contribution in [2.75, 3.05) is 0 Å². The van der Waals surface area contributed by atoms with Crippen molar-refractivity contribution in [3.63, 3.8) is 0 Å². The Morgan fingerprint density at radius 2 is 2.00 bits per heavy atom. The fourth-order valence-electron chi connectivity index (χ4n) is 1.83. The molecule has 0 N–H and O–H groups in total. The van der Waals surface area contributed by atoms with Crippen LogP contribution < -0.4 is 0 Å². The van der Waals surface area contributed by atoms with Gasteiger partial charge in [-0.2, -0.15) is 9.78 Å². The van der Waals surface area contributed by atoms with Gasteiger partial charge in [0.25, 0.3) is 0 Å². The molecule has 0 spiro atoms. The largest absolute Gasteiger partial charge is 0.212 e. The number of hydrogen-bond acceptors (Lipinski definition) is 4. The predicted molar refractivity (Wildman–Crippen MR) is 90.5 cm³/mol. The molecule has 110 valence electrons. The molecule has 2 aromatic carbocycles. The molecule has 1 aromatic heterocycles. The van der Waals surface area contributed by atoms with Crippen LogP contribution in [0.1, 0.15) is 11.1 Å². The van der Waals surface area contributed by atoms with Crippen molar-refractivity contribution in [2.45, 2.75) is 10.9 Å². The molecule has 0 bridgehead atoms. The van der Waals surface area contributed by atoms with Crippen LogP contribution in [0.15, 0.2) is 71.2 Å². The van der Waals surface area contributed by atoms with Crippen molar-refractivity contribution in [3.05, 3.63) is 77.1 Å². The Hall–Kier alpha value is -2.11. The van der Waals surface area contributed by atoms with Gasteiger partial charge >= 0.3 is 0 Å². The Balaban J connectivity index is 1.69. The van der Waals surface area contributed by atoms with Gasteiger partial charge in [0.1, 0.15) is 6.33 Å². The second-order valence-corrected chi connectivity index (χ2v) is 5.91. The molecule has 0 unspecified atom stereocenters. The second-order valence-electron chi connectivity index (χ2n) is 4.53. The number of thioether (sulfide) groups is 1. The van der Waals surface area contributed by atoms with Crippen molar-refractivity contribution >= 4 is 29.6 Å². The maximum absolute atomic E-state index is 5.96. The van der Waals surface area contributed by atoms with Crippen molar-refractivity contribution in [1.82, 2.24) is 14.9 Å². The van der Waals surface area contributed by atoms with Gasteiger partial charge in [-0.1, -0.05) is 65.8 Å². The first-order chi connectivity index (χ1) is 10.8. The van der Waals surface area contributed by atoms with Gasteiger partial charge in [0, 0.05) is 10.8 Å². The molecule has 0 amide bonds. The number of nitrogens with zero attached hydrogens (tertiary/aromatic N) is 4. The molecule has 0 radical (unpaired) electrons. The van der Waals surface area contributed by atoms with Crippen LogP contribution in [-0.2, 0) is 5.75 Å². The van der Waals surface area contributed by atoms with E-state index in [1.54, 1.807) is 29.0 Å². The van der Waals surface area contributed by atoms with Crippen LogP contribution in [0.25, 0.3) is 0 Å². The predicted octanol–water partition coefficient (Wildman–Crippen LogP) is 4.11. The maximum atomic E-state index is 5.96. The normalized spacial score (nSPS) is 11.1. The number of halogens is 1. The lowest BCUT2D eigenvalue weighted by Gasteiger charge is -2.01. The molecule has 0 saturated carbocycles. The van der Waals surface area contributed by atoms with Gasteiger partial charge in [-0.15, -0.1) is 10.2 Å². The third-order valence-electron chi connectivity index (χ3n) is 2.89. The minimum absolute atomic E-state index is 0.686. The summed E-state index contributed by atoms with van der Waals surface area (Å²) in [4.78, 5) is 0. The van der Waals surface area contributed by atoms with Crippen LogP contribution in [0.4, 0.5) is 0 Å². The fourth-order valence-corrected chi connectivity index (χ4v) is 2.85. The Kier molecular flexibility index (Phi) is 4.88. The summed E-state index contributed by atoms with van der Waals surface area (Å²) < 4.78 is 1.66. The van der Waals surface area contributed by atoms with E-state index in [2.05, 4.69) is 27.4 Å². The van der Waals surface area contributed by atoms with E-state index in [1.165, 1.54) is 5.56 Å². The van der Waals surface area contributed by atoms with Gasteiger partial charge in [-0.25, -0.2) is 0 Å². The van der Waals surface area contributed by atoms with Crippen LogP contribution in [0.2, 0.25) is 5.02 Å². The molecule has 6 heteroatoms. The first kappa shape index (κ1) is 14.8. The zero-order chi connectivity index (χ0) is 15.2. The molecule has 3 aromatic rings. The third-order valence-corrected chi connectivity index (χ3v) is 4.13. The average molecular weight is 329 g/mol. The molecular formula is C16H13ClN4S. The van der Waals surface area contributed by atoms with Gasteiger partial charge in [-0.3, -0.25) is 0 Å². The highest BCUT2D eigenvalue weighted by atomic mass is 35.5. The molecule has 4 nitrogen and oxygen atoms in total. The summed E-state index contributed by atoms with van der Waals surface area (Å²) in [7, 11) is 0. The van der Waals surface area contributed by atoms with E-state index in [-0.39, 0.29) is 0 Å². The number of aromatic nitrogens is 3. The average Bonchev–Trinajstić information content (AvgIpc) is 2.99. The number of benzene rings is 2. The van der Waals surface area contributed by atoms with Crippen LogP contribution in [0.3, 0.4) is 0 Å². The van der Waals surface area contributed by atoms with Crippen LogP contribution in [-0.4, -0.2) is 21.1 Å². The lowest BCUT2D eigenvalue weighted by atomic mass is 10.2. The molecule has 3 rings (SSSR count). The Morgan fingerprint density at radius 3 is 2.82 bits per heavy atom. The summed E-state index contributed by atoms with van der Waals surface area (Å²) in [6, 6.07) is 17.7. The highest BCUT2D eigenvalue weighted by molar-refractivity contribution is 7.98. The Bertz CT molecular complexity index is 771.